The van der Waals surface area contributed by atoms with Crippen molar-refractivity contribution in [2.75, 3.05) is 6.61 Å². The highest BCUT2D eigenvalue weighted by atomic mass is 35.5. The third kappa shape index (κ3) is 3.99. The number of benzene rings is 1. The summed E-state index contributed by atoms with van der Waals surface area (Å²) in [5.41, 5.74) is 1.98. The van der Waals surface area contributed by atoms with Gasteiger partial charge in [-0.25, -0.2) is 0 Å². The van der Waals surface area contributed by atoms with Gasteiger partial charge in [-0.15, -0.1) is 0 Å². The molecule has 0 aliphatic heterocycles. The van der Waals surface area contributed by atoms with Crippen LogP contribution in [0, 0.1) is 6.92 Å². The molecule has 1 heterocycles. The van der Waals surface area contributed by atoms with E-state index in [1.807, 2.05) is 36.7 Å². The molecule has 108 valence electrons. The number of aliphatic hydroxyl groups is 1. The van der Waals surface area contributed by atoms with E-state index in [-0.39, 0.29) is 6.61 Å². The molecule has 0 saturated heterocycles. The van der Waals surface area contributed by atoms with Crippen molar-refractivity contribution in [3.8, 4) is 5.75 Å². The molecule has 1 atom stereocenters. The number of ether oxygens (including phenoxy) is 1. The molecule has 2 rings (SSSR count). The topological polar surface area (TPSA) is 47.3 Å². The first-order chi connectivity index (χ1) is 9.58. The van der Waals surface area contributed by atoms with Crippen molar-refractivity contribution in [1.82, 2.24) is 9.78 Å². The maximum atomic E-state index is 10.1. The second-order valence-corrected chi connectivity index (χ2v) is 5.16. The number of nitrogens with zero attached hydrogens (tertiary/aromatic N) is 2. The molecule has 5 heteroatoms. The van der Waals surface area contributed by atoms with Crippen LogP contribution in [0.3, 0.4) is 0 Å². The zero-order valence-electron chi connectivity index (χ0n) is 11.7. The summed E-state index contributed by atoms with van der Waals surface area (Å²) in [5, 5.41) is 15.0. The van der Waals surface area contributed by atoms with Crippen LogP contribution in [-0.4, -0.2) is 27.6 Å². The van der Waals surface area contributed by atoms with Crippen molar-refractivity contribution in [2.24, 2.45) is 0 Å². The summed E-state index contributed by atoms with van der Waals surface area (Å²) >= 11 is 5.88. The molecule has 0 aliphatic carbocycles. The van der Waals surface area contributed by atoms with Gasteiger partial charge in [-0.2, -0.15) is 5.10 Å². The molecule has 1 aromatic heterocycles. The Bertz CT molecular complexity index is 569. The molecule has 0 amide bonds. The average molecular weight is 295 g/mol. The normalized spacial score (nSPS) is 12.4. The maximum absolute atomic E-state index is 10.1. The van der Waals surface area contributed by atoms with Gasteiger partial charge in [0.05, 0.1) is 11.8 Å². The highest BCUT2D eigenvalue weighted by Gasteiger charge is 2.11. The first-order valence-electron chi connectivity index (χ1n) is 6.68. The quantitative estimate of drug-likeness (QED) is 0.891. The molecule has 20 heavy (non-hydrogen) atoms. The van der Waals surface area contributed by atoms with Crippen molar-refractivity contribution in [3.63, 3.8) is 0 Å². The monoisotopic (exact) mass is 294 g/mol. The number of hydrogen-bond donors (Lipinski definition) is 1. The summed E-state index contributed by atoms with van der Waals surface area (Å²) < 4.78 is 7.44. The van der Waals surface area contributed by atoms with Gasteiger partial charge in [0.1, 0.15) is 12.4 Å². The Morgan fingerprint density at radius 1 is 1.40 bits per heavy atom. The van der Waals surface area contributed by atoms with Gasteiger partial charge in [0.25, 0.3) is 0 Å². The van der Waals surface area contributed by atoms with Crippen LogP contribution in [-0.2, 0) is 13.0 Å². The summed E-state index contributed by atoms with van der Waals surface area (Å²) in [6.07, 6.45) is -0.0507. The second kappa shape index (κ2) is 6.77. The molecule has 0 bridgehead atoms. The second-order valence-electron chi connectivity index (χ2n) is 4.72. The fraction of sp³-hybridized carbons (Fsp3) is 0.400. The van der Waals surface area contributed by atoms with Gasteiger partial charge >= 0.3 is 0 Å². The van der Waals surface area contributed by atoms with Crippen molar-refractivity contribution < 1.29 is 9.84 Å². The predicted octanol–water partition coefficient (Wildman–Crippen LogP) is 2.85. The lowest BCUT2D eigenvalue weighted by atomic mass is 10.2. The molecule has 1 unspecified atom stereocenters. The Morgan fingerprint density at radius 3 is 2.90 bits per heavy atom. The molecule has 1 aromatic carbocycles. The van der Waals surface area contributed by atoms with Crippen LogP contribution >= 0.6 is 11.6 Å². The number of rotatable bonds is 6. The summed E-state index contributed by atoms with van der Waals surface area (Å²) in [6, 6.07) is 9.15. The van der Waals surface area contributed by atoms with E-state index in [0.717, 1.165) is 17.9 Å². The number of hydrogen-bond acceptors (Lipinski definition) is 3. The third-order valence-corrected chi connectivity index (χ3v) is 3.20. The predicted molar refractivity (Wildman–Crippen MR) is 79.3 cm³/mol. The molecule has 0 radical (unpaired) electrons. The van der Waals surface area contributed by atoms with Crippen molar-refractivity contribution in [1.29, 1.82) is 0 Å². The molecule has 0 saturated carbocycles. The van der Waals surface area contributed by atoms with Gasteiger partial charge in [0.15, 0.2) is 0 Å². The lowest BCUT2D eigenvalue weighted by Crippen LogP contribution is -2.22. The Morgan fingerprint density at radius 2 is 2.20 bits per heavy atom. The molecule has 4 nitrogen and oxygen atoms in total. The summed E-state index contributed by atoms with van der Waals surface area (Å²) in [7, 11) is 0. The Kier molecular flexibility index (Phi) is 5.04. The summed E-state index contributed by atoms with van der Waals surface area (Å²) in [4.78, 5) is 0. The smallest absolute Gasteiger partial charge is 0.120 e. The molecular formula is C15H19ClN2O2. The maximum Gasteiger partial charge on any atom is 0.120 e. The highest BCUT2D eigenvalue weighted by molar-refractivity contribution is 6.30. The molecule has 0 spiro atoms. The van der Waals surface area contributed by atoms with E-state index in [1.165, 1.54) is 0 Å². The van der Waals surface area contributed by atoms with E-state index in [4.69, 9.17) is 16.3 Å². The van der Waals surface area contributed by atoms with Crippen LogP contribution in [0.4, 0.5) is 0 Å². The summed E-state index contributed by atoms with van der Waals surface area (Å²) in [6.45, 7) is 5.01. The van der Waals surface area contributed by atoms with Crippen molar-refractivity contribution in [3.05, 3.63) is 46.7 Å². The van der Waals surface area contributed by atoms with Crippen LogP contribution < -0.4 is 4.74 Å². The Labute approximate surface area is 123 Å². The Balaban J connectivity index is 1.90. The zero-order chi connectivity index (χ0) is 14.5. The third-order valence-electron chi connectivity index (χ3n) is 2.97. The first-order valence-corrected chi connectivity index (χ1v) is 7.06. The van der Waals surface area contributed by atoms with Gasteiger partial charge in [-0.3, -0.25) is 4.68 Å². The van der Waals surface area contributed by atoms with Gasteiger partial charge in [-0.1, -0.05) is 17.7 Å². The van der Waals surface area contributed by atoms with E-state index < -0.39 is 6.10 Å². The number of aliphatic hydroxyl groups excluding tert-OH is 1. The lowest BCUT2D eigenvalue weighted by Gasteiger charge is -2.13. The van der Waals surface area contributed by atoms with Crippen LogP contribution in [0.15, 0.2) is 30.3 Å². The highest BCUT2D eigenvalue weighted by Crippen LogP contribution is 2.17. The van der Waals surface area contributed by atoms with Crippen molar-refractivity contribution in [2.45, 2.75) is 32.9 Å². The largest absolute Gasteiger partial charge is 0.491 e. The fourth-order valence-electron chi connectivity index (χ4n) is 2.09. The van der Waals surface area contributed by atoms with Gasteiger partial charge in [0.2, 0.25) is 0 Å². The van der Waals surface area contributed by atoms with E-state index in [2.05, 4.69) is 5.10 Å². The van der Waals surface area contributed by atoms with Crippen LogP contribution in [0.2, 0.25) is 5.02 Å². The SMILES string of the molecule is CCn1nc(C)cc1CC(O)COc1cccc(Cl)c1. The van der Waals surface area contributed by atoms with E-state index in [9.17, 15) is 5.11 Å². The van der Waals surface area contributed by atoms with Gasteiger partial charge < -0.3 is 9.84 Å². The van der Waals surface area contributed by atoms with Crippen molar-refractivity contribution >= 4 is 11.6 Å². The molecule has 1 N–H and O–H groups in total. The van der Waals surface area contributed by atoms with E-state index >= 15 is 0 Å². The number of halogens is 1. The first kappa shape index (κ1) is 14.9. The van der Waals surface area contributed by atoms with Gasteiger partial charge in [0, 0.05) is 23.7 Å². The molecule has 0 fully saturated rings. The fourth-order valence-corrected chi connectivity index (χ4v) is 2.27. The minimum atomic E-state index is -0.574. The van der Waals surface area contributed by atoms with E-state index in [1.54, 1.807) is 12.1 Å². The van der Waals surface area contributed by atoms with Gasteiger partial charge in [-0.05, 0) is 38.1 Å². The molecule has 0 aliphatic rings. The molecular weight excluding hydrogens is 276 g/mol. The minimum Gasteiger partial charge on any atom is -0.491 e. The van der Waals surface area contributed by atoms with Crippen LogP contribution in [0.5, 0.6) is 5.75 Å². The van der Waals surface area contributed by atoms with Crippen LogP contribution in [0.1, 0.15) is 18.3 Å². The standard InChI is InChI=1S/C15H19ClN2O2/c1-3-18-13(7-11(2)17-18)9-14(19)10-20-15-6-4-5-12(16)8-15/h4-8,14,19H,3,9-10H2,1-2H3. The lowest BCUT2D eigenvalue weighted by molar-refractivity contribution is 0.106. The van der Waals surface area contributed by atoms with E-state index in [0.29, 0.717) is 17.2 Å². The zero-order valence-corrected chi connectivity index (χ0v) is 12.5. The minimum absolute atomic E-state index is 0.230. The Hall–Kier alpha value is -1.52. The number of aromatic nitrogens is 2. The van der Waals surface area contributed by atoms with Crippen LogP contribution in [0.25, 0.3) is 0 Å². The average Bonchev–Trinajstić information content (AvgIpc) is 2.76. The summed E-state index contributed by atoms with van der Waals surface area (Å²) in [5.74, 6) is 0.664. The molecule has 2 aromatic rings. The number of aryl methyl sites for hydroxylation is 2.